The number of ether oxygens (including phenoxy) is 1. The number of fused-ring (bicyclic) bond motifs is 2. The van der Waals surface area contributed by atoms with Gasteiger partial charge in [-0.25, -0.2) is 0 Å². The number of hydrogen-bond donors (Lipinski definition) is 2. The fraction of sp³-hybridized carbons (Fsp3) is 0.192. The monoisotopic (exact) mass is 429 g/mol. The molecule has 2 heterocycles. The van der Waals surface area contributed by atoms with Gasteiger partial charge < -0.3 is 15.2 Å². The molecule has 1 atom stereocenters. The van der Waals surface area contributed by atoms with E-state index in [2.05, 4.69) is 53.9 Å². The van der Waals surface area contributed by atoms with Crippen LogP contribution in [0.15, 0.2) is 71.6 Å². The number of anilines is 1. The van der Waals surface area contributed by atoms with Crippen molar-refractivity contribution in [3.05, 3.63) is 89.0 Å². The molecular weight excluding hydrogens is 406 g/mol. The third kappa shape index (κ3) is 3.87. The lowest BCUT2D eigenvalue weighted by molar-refractivity contribution is -0.118. The van der Waals surface area contributed by atoms with Gasteiger partial charge in [0.25, 0.3) is 5.91 Å². The van der Waals surface area contributed by atoms with E-state index in [0.29, 0.717) is 11.4 Å². The summed E-state index contributed by atoms with van der Waals surface area (Å²) in [5.41, 5.74) is 5.25. The number of hydrogen-bond acceptors (Lipinski definition) is 4. The van der Waals surface area contributed by atoms with Crippen molar-refractivity contribution in [1.82, 2.24) is 0 Å². The molecule has 0 saturated carbocycles. The number of nitrogens with one attached hydrogen (secondary N) is 1. The Kier molecular flexibility index (Phi) is 4.88. The van der Waals surface area contributed by atoms with E-state index < -0.39 is 5.60 Å². The zero-order valence-electron chi connectivity index (χ0n) is 17.4. The second-order valence-electron chi connectivity index (χ2n) is 8.37. The number of benzene rings is 3. The number of carbonyl (C=O) groups is 1. The molecule has 0 fully saturated rings. The van der Waals surface area contributed by atoms with Crippen molar-refractivity contribution in [3.8, 4) is 5.75 Å². The molecule has 2 aliphatic heterocycles. The summed E-state index contributed by atoms with van der Waals surface area (Å²) in [6.07, 6.45) is 2.21. The van der Waals surface area contributed by atoms with E-state index in [-0.39, 0.29) is 17.8 Å². The molecule has 3 aromatic rings. The number of amides is 1. The van der Waals surface area contributed by atoms with Crippen molar-refractivity contribution < 1.29 is 14.6 Å². The minimum absolute atomic E-state index is 0.0500. The van der Waals surface area contributed by atoms with E-state index in [1.807, 2.05) is 38.1 Å². The average Bonchev–Trinajstić information content (AvgIpc) is 2.77. The Morgan fingerprint density at radius 2 is 1.87 bits per heavy atom. The zero-order valence-corrected chi connectivity index (χ0v) is 18.2. The summed E-state index contributed by atoms with van der Waals surface area (Å²) >= 11 is 1.78. The fourth-order valence-electron chi connectivity index (χ4n) is 3.94. The largest absolute Gasteiger partial charge is 0.482 e. The highest BCUT2D eigenvalue weighted by Gasteiger charge is 2.28. The Bertz CT molecular complexity index is 1200. The van der Waals surface area contributed by atoms with Gasteiger partial charge in [-0.1, -0.05) is 48.5 Å². The lowest BCUT2D eigenvalue weighted by Gasteiger charge is -2.29. The second kappa shape index (κ2) is 7.59. The van der Waals surface area contributed by atoms with Crippen molar-refractivity contribution in [2.75, 3.05) is 11.9 Å². The van der Waals surface area contributed by atoms with Crippen molar-refractivity contribution in [2.45, 2.75) is 29.6 Å². The molecule has 0 radical (unpaired) electrons. The standard InChI is InChI=1S/C26H23NO3S/c1-26(2,29)19-10-8-18-12-20(17-9-11-22-21(13-17)27-24(28)15-30-22)25(31-23(18)14-19)16-6-4-3-5-7-16/h3-14,25,29H,15H2,1-2H3,(H,27,28). The third-order valence-corrected chi connectivity index (χ3v) is 6.98. The van der Waals surface area contributed by atoms with E-state index in [4.69, 9.17) is 4.74 Å². The summed E-state index contributed by atoms with van der Waals surface area (Å²) in [6, 6.07) is 22.5. The minimum Gasteiger partial charge on any atom is -0.482 e. The van der Waals surface area contributed by atoms with E-state index >= 15 is 0 Å². The van der Waals surface area contributed by atoms with Crippen LogP contribution in [0, 0.1) is 0 Å². The number of aliphatic hydroxyl groups is 1. The third-order valence-electron chi connectivity index (χ3n) is 5.61. The van der Waals surface area contributed by atoms with Gasteiger partial charge in [0, 0.05) is 4.90 Å². The first-order chi connectivity index (χ1) is 14.9. The SMILES string of the molecule is CC(C)(O)c1ccc2c(c1)SC(c1ccccc1)C(c1ccc3c(c1)NC(=O)CO3)=C2. The maximum Gasteiger partial charge on any atom is 0.262 e. The Labute approximate surface area is 186 Å². The highest BCUT2D eigenvalue weighted by Crippen LogP contribution is 2.51. The maximum absolute atomic E-state index is 11.8. The molecule has 0 aliphatic carbocycles. The molecule has 4 nitrogen and oxygen atoms in total. The maximum atomic E-state index is 11.8. The van der Waals surface area contributed by atoms with Crippen molar-refractivity contribution in [2.24, 2.45) is 0 Å². The van der Waals surface area contributed by atoms with E-state index in [1.165, 1.54) is 11.1 Å². The van der Waals surface area contributed by atoms with Crippen LogP contribution in [0.4, 0.5) is 5.69 Å². The van der Waals surface area contributed by atoms with Gasteiger partial charge in [-0.15, -0.1) is 11.8 Å². The van der Waals surface area contributed by atoms with E-state index in [0.717, 1.165) is 21.6 Å². The Balaban J connectivity index is 1.63. The second-order valence-corrected chi connectivity index (χ2v) is 9.51. The van der Waals surface area contributed by atoms with Crippen molar-refractivity contribution in [3.63, 3.8) is 0 Å². The van der Waals surface area contributed by atoms with Crippen LogP contribution in [-0.4, -0.2) is 17.6 Å². The predicted molar refractivity (Wildman–Crippen MR) is 125 cm³/mol. The topological polar surface area (TPSA) is 58.6 Å². The van der Waals surface area contributed by atoms with Crippen LogP contribution in [0.2, 0.25) is 0 Å². The molecule has 5 rings (SSSR count). The van der Waals surface area contributed by atoms with Gasteiger partial charge in [-0.3, -0.25) is 4.79 Å². The summed E-state index contributed by atoms with van der Waals surface area (Å²) in [5.74, 6) is 0.555. The van der Waals surface area contributed by atoms with Crippen LogP contribution in [-0.2, 0) is 10.4 Å². The van der Waals surface area contributed by atoms with Gasteiger partial charge in [0.05, 0.1) is 16.5 Å². The lowest BCUT2D eigenvalue weighted by atomic mass is 9.92. The number of thioether (sulfide) groups is 1. The molecule has 31 heavy (non-hydrogen) atoms. The van der Waals surface area contributed by atoms with E-state index in [9.17, 15) is 9.90 Å². The Hall–Kier alpha value is -3.02. The summed E-state index contributed by atoms with van der Waals surface area (Å²) in [6.45, 7) is 3.66. The average molecular weight is 430 g/mol. The van der Waals surface area contributed by atoms with Gasteiger partial charge in [-0.2, -0.15) is 0 Å². The molecule has 0 spiro atoms. The molecule has 1 unspecified atom stereocenters. The minimum atomic E-state index is -0.890. The van der Waals surface area contributed by atoms with Crippen LogP contribution in [0.25, 0.3) is 11.6 Å². The van der Waals surface area contributed by atoms with Gasteiger partial charge in [-0.05, 0) is 65.9 Å². The van der Waals surface area contributed by atoms with Crippen LogP contribution < -0.4 is 10.1 Å². The lowest BCUT2D eigenvalue weighted by Crippen LogP contribution is -2.25. The van der Waals surface area contributed by atoms with E-state index in [1.54, 1.807) is 11.8 Å². The first kappa shape index (κ1) is 19.9. The van der Waals surface area contributed by atoms with Crippen LogP contribution in [0.3, 0.4) is 0 Å². The van der Waals surface area contributed by atoms with Crippen molar-refractivity contribution in [1.29, 1.82) is 0 Å². The summed E-state index contributed by atoms with van der Waals surface area (Å²) in [7, 11) is 0. The zero-order chi connectivity index (χ0) is 21.6. The highest BCUT2D eigenvalue weighted by atomic mass is 32.2. The summed E-state index contributed by atoms with van der Waals surface area (Å²) in [5, 5.41) is 13.5. The molecule has 3 aromatic carbocycles. The first-order valence-electron chi connectivity index (χ1n) is 10.3. The molecule has 2 N–H and O–H groups in total. The van der Waals surface area contributed by atoms with Gasteiger partial charge in [0.1, 0.15) is 5.75 Å². The summed E-state index contributed by atoms with van der Waals surface area (Å²) < 4.78 is 5.53. The molecular formula is C26H23NO3S. The number of carbonyl (C=O) groups excluding carboxylic acids is 1. The van der Waals surface area contributed by atoms with Crippen LogP contribution >= 0.6 is 11.8 Å². The predicted octanol–water partition coefficient (Wildman–Crippen LogP) is 5.63. The Morgan fingerprint density at radius 3 is 2.65 bits per heavy atom. The first-order valence-corrected chi connectivity index (χ1v) is 11.1. The molecule has 156 valence electrons. The van der Waals surface area contributed by atoms with Gasteiger partial charge in [0.15, 0.2) is 6.61 Å². The van der Waals surface area contributed by atoms with Gasteiger partial charge in [0.2, 0.25) is 0 Å². The van der Waals surface area contributed by atoms with Crippen molar-refractivity contribution >= 4 is 35.0 Å². The molecule has 0 bridgehead atoms. The highest BCUT2D eigenvalue weighted by molar-refractivity contribution is 8.00. The molecule has 1 amide bonds. The summed E-state index contributed by atoms with van der Waals surface area (Å²) in [4.78, 5) is 12.9. The smallest absolute Gasteiger partial charge is 0.262 e. The molecule has 0 saturated heterocycles. The Morgan fingerprint density at radius 1 is 1.06 bits per heavy atom. The molecule has 0 aromatic heterocycles. The van der Waals surface area contributed by atoms with Gasteiger partial charge >= 0.3 is 0 Å². The molecule has 2 aliphatic rings. The normalized spacial score (nSPS) is 17.7. The number of rotatable bonds is 3. The van der Waals surface area contributed by atoms with Crippen LogP contribution in [0.1, 0.15) is 41.4 Å². The van der Waals surface area contributed by atoms with Crippen LogP contribution in [0.5, 0.6) is 5.75 Å². The molecule has 5 heteroatoms. The fourth-order valence-corrected chi connectivity index (χ4v) is 5.28. The quantitative estimate of drug-likeness (QED) is 0.566.